The number of rotatable bonds is 1. The lowest BCUT2D eigenvalue weighted by Crippen LogP contribution is -2.07. The zero-order valence-corrected chi connectivity index (χ0v) is 7.35. The molecule has 0 heterocycles. The second-order valence-electron chi connectivity index (χ2n) is 2.09. The van der Waals surface area contributed by atoms with Crippen LogP contribution in [0.25, 0.3) is 0 Å². The summed E-state index contributed by atoms with van der Waals surface area (Å²) in [5.74, 6) is 0. The second kappa shape index (κ2) is 5.64. The van der Waals surface area contributed by atoms with Crippen molar-refractivity contribution in [3.63, 3.8) is 0 Å². The van der Waals surface area contributed by atoms with Gasteiger partial charge < -0.3 is 5.11 Å². The smallest absolute Gasteiger partial charge is 0.206 e. The van der Waals surface area contributed by atoms with E-state index in [1.807, 2.05) is 6.92 Å². The molecule has 0 saturated heterocycles. The Morgan fingerprint density at radius 2 is 1.70 bits per heavy atom. The van der Waals surface area contributed by atoms with E-state index in [0.717, 1.165) is 12.7 Å². The summed E-state index contributed by atoms with van der Waals surface area (Å²) in [7, 11) is -3.17. The van der Waals surface area contributed by atoms with Crippen molar-refractivity contribution in [1.29, 1.82) is 0 Å². The number of sulfonamides is 1. The van der Waals surface area contributed by atoms with Crippen LogP contribution in [0.4, 0.5) is 0 Å². The number of nitrogens with two attached hydrogens (primary N) is 1. The fourth-order valence-corrected chi connectivity index (χ4v) is 0. The average Bonchev–Trinajstić information content (AvgIpc) is 1.61. The third-order valence-corrected chi connectivity index (χ3v) is 0.591. The van der Waals surface area contributed by atoms with Crippen LogP contribution in [0.2, 0.25) is 0 Å². The van der Waals surface area contributed by atoms with E-state index < -0.39 is 10.0 Å². The van der Waals surface area contributed by atoms with E-state index in [9.17, 15) is 8.42 Å². The van der Waals surface area contributed by atoms with Crippen molar-refractivity contribution in [2.45, 2.75) is 26.4 Å². The summed E-state index contributed by atoms with van der Waals surface area (Å²) in [5.41, 5.74) is 0. The van der Waals surface area contributed by atoms with E-state index in [0.29, 0.717) is 0 Å². The Morgan fingerprint density at radius 3 is 1.70 bits per heavy atom. The lowest BCUT2D eigenvalue weighted by molar-refractivity contribution is 0.191. The fraction of sp³-hybridized carbons (Fsp3) is 1.00. The summed E-state index contributed by atoms with van der Waals surface area (Å²) < 4.78 is 18.8. The van der Waals surface area contributed by atoms with Gasteiger partial charge in [0, 0.05) is 0 Å². The summed E-state index contributed by atoms with van der Waals surface area (Å²) >= 11 is 0. The third-order valence-electron chi connectivity index (χ3n) is 0.591. The molecule has 5 heteroatoms. The van der Waals surface area contributed by atoms with E-state index in [1.54, 1.807) is 6.92 Å². The molecule has 0 aliphatic heterocycles. The number of aliphatic hydroxyl groups excluding tert-OH is 1. The Bertz CT molecular complexity index is 142. The van der Waals surface area contributed by atoms with E-state index in [4.69, 9.17) is 5.11 Å². The highest BCUT2D eigenvalue weighted by atomic mass is 32.2. The maximum absolute atomic E-state index is 9.41. The number of hydrogen-bond acceptors (Lipinski definition) is 3. The van der Waals surface area contributed by atoms with Gasteiger partial charge in [-0.3, -0.25) is 0 Å². The molecule has 3 N–H and O–H groups in total. The number of hydrogen-bond donors (Lipinski definition) is 2. The summed E-state index contributed by atoms with van der Waals surface area (Å²) in [6, 6.07) is 0. The molecule has 4 nitrogen and oxygen atoms in total. The normalized spacial score (nSPS) is 13.3. The van der Waals surface area contributed by atoms with Crippen molar-refractivity contribution in [3.05, 3.63) is 0 Å². The number of aliphatic hydroxyl groups is 1. The van der Waals surface area contributed by atoms with Crippen molar-refractivity contribution in [2.75, 3.05) is 6.26 Å². The Balaban J connectivity index is 0. The van der Waals surface area contributed by atoms with Crippen LogP contribution in [0.5, 0.6) is 0 Å². The van der Waals surface area contributed by atoms with Crippen LogP contribution in [0.15, 0.2) is 0 Å². The minimum atomic E-state index is -3.17. The predicted octanol–water partition coefficient (Wildman–Crippen LogP) is -0.318. The molecule has 0 rings (SSSR count). The SMILES string of the molecule is CCC(C)O.CS(N)(=O)=O. The Hall–Kier alpha value is -0.130. The lowest BCUT2D eigenvalue weighted by Gasteiger charge is -1.90. The zero-order chi connectivity index (χ0) is 8.78. The van der Waals surface area contributed by atoms with Crippen molar-refractivity contribution in [3.8, 4) is 0 Å². The van der Waals surface area contributed by atoms with Gasteiger partial charge >= 0.3 is 0 Å². The van der Waals surface area contributed by atoms with Gasteiger partial charge in [-0.05, 0) is 13.3 Å². The van der Waals surface area contributed by atoms with E-state index in [1.165, 1.54) is 0 Å². The second-order valence-corrected chi connectivity index (χ2v) is 3.75. The molecule has 0 aromatic rings. The largest absolute Gasteiger partial charge is 0.393 e. The molecule has 0 radical (unpaired) electrons. The first kappa shape index (κ1) is 12.5. The van der Waals surface area contributed by atoms with E-state index in [-0.39, 0.29) is 6.10 Å². The number of primary sulfonamides is 1. The third kappa shape index (κ3) is 106. The summed E-state index contributed by atoms with van der Waals surface area (Å²) in [6.07, 6.45) is 1.68. The highest BCUT2D eigenvalue weighted by molar-refractivity contribution is 7.88. The van der Waals surface area contributed by atoms with Gasteiger partial charge in [0.1, 0.15) is 0 Å². The topological polar surface area (TPSA) is 80.4 Å². The van der Waals surface area contributed by atoms with Crippen LogP contribution in [0, 0.1) is 0 Å². The minimum Gasteiger partial charge on any atom is -0.393 e. The molecule has 64 valence electrons. The quantitative estimate of drug-likeness (QED) is 0.564. The van der Waals surface area contributed by atoms with Crippen molar-refractivity contribution in [1.82, 2.24) is 0 Å². The predicted molar refractivity (Wildman–Crippen MR) is 41.0 cm³/mol. The Kier molecular flexibility index (Phi) is 7.07. The molecule has 0 aromatic carbocycles. The zero-order valence-electron chi connectivity index (χ0n) is 6.53. The molecule has 0 saturated carbocycles. The Labute approximate surface area is 62.1 Å². The van der Waals surface area contributed by atoms with Crippen LogP contribution in [-0.2, 0) is 10.0 Å². The fourth-order valence-electron chi connectivity index (χ4n) is 0. The van der Waals surface area contributed by atoms with Crippen LogP contribution < -0.4 is 5.14 Å². The molecule has 1 unspecified atom stereocenters. The molecule has 0 aliphatic carbocycles. The molecule has 0 spiro atoms. The lowest BCUT2D eigenvalue weighted by atomic mass is 10.3. The highest BCUT2D eigenvalue weighted by Crippen LogP contribution is 1.81. The first-order valence-corrected chi connectivity index (χ1v) is 4.88. The molecule has 1 atom stereocenters. The van der Waals surface area contributed by atoms with Gasteiger partial charge in [-0.15, -0.1) is 0 Å². The first-order chi connectivity index (χ1) is 4.27. The summed E-state index contributed by atoms with van der Waals surface area (Å²) in [4.78, 5) is 0. The van der Waals surface area contributed by atoms with Gasteiger partial charge in [0.25, 0.3) is 0 Å². The monoisotopic (exact) mass is 169 g/mol. The Morgan fingerprint density at radius 1 is 1.60 bits per heavy atom. The molecule has 0 bridgehead atoms. The molecule has 0 amide bonds. The van der Waals surface area contributed by atoms with Crippen LogP contribution in [0.3, 0.4) is 0 Å². The summed E-state index contributed by atoms with van der Waals surface area (Å²) in [5, 5.41) is 12.7. The maximum atomic E-state index is 9.41. The molecule has 0 aromatic heterocycles. The van der Waals surface area contributed by atoms with Crippen LogP contribution in [-0.4, -0.2) is 25.9 Å². The van der Waals surface area contributed by atoms with Crippen molar-refractivity contribution in [2.24, 2.45) is 5.14 Å². The molecular formula is C5H15NO3S. The minimum absolute atomic E-state index is 0.116. The molecule has 0 fully saturated rings. The molecular weight excluding hydrogens is 154 g/mol. The average molecular weight is 169 g/mol. The van der Waals surface area contributed by atoms with Gasteiger partial charge in [-0.2, -0.15) is 0 Å². The first-order valence-electron chi connectivity index (χ1n) is 2.93. The van der Waals surface area contributed by atoms with Crippen LogP contribution >= 0.6 is 0 Å². The van der Waals surface area contributed by atoms with Gasteiger partial charge in [-0.1, -0.05) is 6.92 Å². The van der Waals surface area contributed by atoms with Gasteiger partial charge in [0.05, 0.1) is 12.4 Å². The van der Waals surface area contributed by atoms with Gasteiger partial charge in [0.2, 0.25) is 10.0 Å². The summed E-state index contributed by atoms with van der Waals surface area (Å²) in [6.45, 7) is 3.73. The molecule has 10 heavy (non-hydrogen) atoms. The maximum Gasteiger partial charge on any atom is 0.206 e. The highest BCUT2D eigenvalue weighted by Gasteiger charge is 1.81. The van der Waals surface area contributed by atoms with E-state index in [2.05, 4.69) is 5.14 Å². The van der Waals surface area contributed by atoms with Crippen molar-refractivity contribution >= 4 is 10.0 Å². The van der Waals surface area contributed by atoms with Gasteiger partial charge in [-0.25, -0.2) is 13.6 Å². The van der Waals surface area contributed by atoms with Crippen LogP contribution in [0.1, 0.15) is 20.3 Å². The van der Waals surface area contributed by atoms with E-state index >= 15 is 0 Å². The standard InChI is InChI=1S/C4H10O.CH5NO2S/c1-3-4(2)5;1-5(2,3)4/h4-5H,3H2,1-2H3;1H3,(H2,2,3,4). The van der Waals surface area contributed by atoms with Gasteiger partial charge in [0.15, 0.2) is 0 Å². The van der Waals surface area contributed by atoms with Crippen molar-refractivity contribution < 1.29 is 13.5 Å². The molecule has 0 aliphatic rings.